The van der Waals surface area contributed by atoms with Crippen LogP contribution in [-0.4, -0.2) is 28.5 Å². The maximum atomic E-state index is 10.9. The standard InChI is InChI=1S/C6H12OS3/c1-8-5(7)4-6(9-2)10-3/h6H,4H2,1-3H3. The summed E-state index contributed by atoms with van der Waals surface area (Å²) in [5, 5.41) is 0.286. The zero-order chi connectivity index (χ0) is 7.98. The van der Waals surface area contributed by atoms with Crippen molar-refractivity contribution in [2.75, 3.05) is 18.8 Å². The zero-order valence-corrected chi connectivity index (χ0v) is 8.87. The van der Waals surface area contributed by atoms with Crippen LogP contribution in [0.2, 0.25) is 0 Å². The summed E-state index contributed by atoms with van der Waals surface area (Å²) in [5.41, 5.74) is 0. The molecular formula is C6H12OS3. The van der Waals surface area contributed by atoms with Gasteiger partial charge in [-0.25, -0.2) is 0 Å². The molecule has 0 fully saturated rings. The maximum absolute atomic E-state index is 10.9. The van der Waals surface area contributed by atoms with Crippen LogP contribution >= 0.6 is 35.3 Å². The predicted octanol–water partition coefficient (Wildman–Crippen LogP) is 2.32. The molecule has 0 aliphatic heterocycles. The Morgan fingerprint density at radius 2 is 1.80 bits per heavy atom. The third kappa shape index (κ3) is 4.52. The Hall–Kier alpha value is 0.720. The fourth-order valence-electron chi connectivity index (χ4n) is 0.482. The Kier molecular flexibility index (Phi) is 6.89. The van der Waals surface area contributed by atoms with Crippen LogP contribution in [0.15, 0.2) is 0 Å². The van der Waals surface area contributed by atoms with E-state index in [1.54, 1.807) is 23.5 Å². The first-order valence-electron chi connectivity index (χ1n) is 2.87. The second-order valence-corrected chi connectivity index (χ2v) is 4.92. The Bertz CT molecular complexity index is 101. The van der Waals surface area contributed by atoms with Gasteiger partial charge in [0.15, 0.2) is 5.12 Å². The van der Waals surface area contributed by atoms with Gasteiger partial charge in [0.05, 0.1) is 4.58 Å². The van der Waals surface area contributed by atoms with Crippen molar-refractivity contribution >= 4 is 40.4 Å². The second kappa shape index (κ2) is 6.43. The van der Waals surface area contributed by atoms with E-state index in [-0.39, 0.29) is 5.12 Å². The van der Waals surface area contributed by atoms with Gasteiger partial charge in [-0.2, -0.15) is 23.5 Å². The summed E-state index contributed by atoms with van der Waals surface area (Å²) in [6.07, 6.45) is 6.59. The highest BCUT2D eigenvalue weighted by Gasteiger charge is 2.09. The van der Waals surface area contributed by atoms with Crippen molar-refractivity contribution in [3.8, 4) is 0 Å². The molecule has 0 atom stereocenters. The molecule has 0 spiro atoms. The minimum atomic E-state index is 0.286. The quantitative estimate of drug-likeness (QED) is 0.642. The van der Waals surface area contributed by atoms with Crippen LogP contribution in [0.25, 0.3) is 0 Å². The molecule has 0 saturated heterocycles. The first-order valence-corrected chi connectivity index (χ1v) is 6.67. The average Bonchev–Trinajstić information content (AvgIpc) is 1.99. The van der Waals surface area contributed by atoms with Crippen molar-refractivity contribution in [2.24, 2.45) is 0 Å². The number of carbonyl (C=O) groups is 1. The molecule has 0 unspecified atom stereocenters. The van der Waals surface area contributed by atoms with Crippen molar-refractivity contribution in [3.05, 3.63) is 0 Å². The third-order valence-corrected chi connectivity index (χ3v) is 4.25. The van der Waals surface area contributed by atoms with Crippen LogP contribution in [0.1, 0.15) is 6.42 Å². The molecule has 0 aromatic carbocycles. The lowest BCUT2D eigenvalue weighted by Gasteiger charge is -2.07. The van der Waals surface area contributed by atoms with Gasteiger partial charge in [0.2, 0.25) is 0 Å². The molecule has 0 heterocycles. The molecule has 0 saturated carbocycles. The number of rotatable bonds is 4. The van der Waals surface area contributed by atoms with Crippen molar-refractivity contribution in [1.29, 1.82) is 0 Å². The molecule has 0 aliphatic carbocycles. The number of thioether (sulfide) groups is 3. The Balaban J connectivity index is 3.52. The van der Waals surface area contributed by atoms with Crippen molar-refractivity contribution in [3.63, 3.8) is 0 Å². The number of hydrogen-bond acceptors (Lipinski definition) is 4. The SMILES string of the molecule is CSC(=O)CC(SC)SC. The first-order chi connectivity index (χ1) is 4.74. The van der Waals surface area contributed by atoms with Gasteiger partial charge in [0.1, 0.15) is 0 Å². The molecule has 4 heteroatoms. The molecule has 10 heavy (non-hydrogen) atoms. The summed E-state index contributed by atoms with van der Waals surface area (Å²) < 4.78 is 0.444. The molecule has 0 aromatic rings. The van der Waals surface area contributed by atoms with E-state index in [0.717, 1.165) is 0 Å². The van der Waals surface area contributed by atoms with Crippen LogP contribution in [0.5, 0.6) is 0 Å². The maximum Gasteiger partial charge on any atom is 0.190 e. The van der Waals surface area contributed by atoms with Gasteiger partial charge in [-0.3, -0.25) is 4.79 Å². The zero-order valence-electron chi connectivity index (χ0n) is 6.42. The lowest BCUT2D eigenvalue weighted by atomic mass is 10.5. The molecule has 0 radical (unpaired) electrons. The smallest absolute Gasteiger partial charge is 0.190 e. The second-order valence-electron chi connectivity index (χ2n) is 1.68. The van der Waals surface area contributed by atoms with Crippen LogP contribution in [0.4, 0.5) is 0 Å². The van der Waals surface area contributed by atoms with Gasteiger partial charge in [-0.1, -0.05) is 11.8 Å². The van der Waals surface area contributed by atoms with E-state index in [2.05, 4.69) is 0 Å². The number of carbonyl (C=O) groups excluding carboxylic acids is 1. The van der Waals surface area contributed by atoms with E-state index in [0.29, 0.717) is 11.0 Å². The van der Waals surface area contributed by atoms with Crippen molar-refractivity contribution in [1.82, 2.24) is 0 Å². The Morgan fingerprint density at radius 3 is 2.10 bits per heavy atom. The van der Waals surface area contributed by atoms with Gasteiger partial charge in [0.25, 0.3) is 0 Å². The fraction of sp³-hybridized carbons (Fsp3) is 0.833. The van der Waals surface area contributed by atoms with Gasteiger partial charge in [0, 0.05) is 6.42 Å². The van der Waals surface area contributed by atoms with Gasteiger partial charge >= 0.3 is 0 Å². The molecule has 0 N–H and O–H groups in total. The minimum absolute atomic E-state index is 0.286. The Morgan fingerprint density at radius 1 is 1.30 bits per heavy atom. The highest BCUT2D eigenvalue weighted by atomic mass is 32.2. The third-order valence-electron chi connectivity index (χ3n) is 1.09. The first kappa shape index (κ1) is 10.7. The fourth-order valence-corrected chi connectivity index (χ4v) is 2.43. The lowest BCUT2D eigenvalue weighted by molar-refractivity contribution is -0.110. The lowest BCUT2D eigenvalue weighted by Crippen LogP contribution is -2.02. The summed E-state index contributed by atoms with van der Waals surface area (Å²) in [7, 11) is 0. The summed E-state index contributed by atoms with van der Waals surface area (Å²) >= 11 is 4.80. The van der Waals surface area contributed by atoms with Gasteiger partial charge < -0.3 is 0 Å². The molecule has 0 rings (SSSR count). The molecule has 1 nitrogen and oxygen atoms in total. The molecule has 0 amide bonds. The van der Waals surface area contributed by atoms with Crippen LogP contribution in [0.3, 0.4) is 0 Å². The van der Waals surface area contributed by atoms with Gasteiger partial charge in [-0.15, -0.1) is 0 Å². The summed E-state index contributed by atoms with van der Waals surface area (Å²) in [5.74, 6) is 0. The summed E-state index contributed by atoms with van der Waals surface area (Å²) in [6, 6.07) is 0. The summed E-state index contributed by atoms with van der Waals surface area (Å²) in [4.78, 5) is 10.9. The summed E-state index contributed by atoms with van der Waals surface area (Å²) in [6.45, 7) is 0. The molecule has 0 aliphatic rings. The largest absolute Gasteiger partial charge is 0.287 e. The number of hydrogen-bond donors (Lipinski definition) is 0. The predicted molar refractivity (Wildman–Crippen MR) is 54.0 cm³/mol. The van der Waals surface area contributed by atoms with E-state index in [1.165, 1.54) is 11.8 Å². The molecular weight excluding hydrogens is 184 g/mol. The van der Waals surface area contributed by atoms with Crippen molar-refractivity contribution in [2.45, 2.75) is 11.0 Å². The molecule has 60 valence electrons. The van der Waals surface area contributed by atoms with Crippen molar-refractivity contribution < 1.29 is 4.79 Å². The van der Waals surface area contributed by atoms with Crippen LogP contribution in [-0.2, 0) is 4.79 Å². The van der Waals surface area contributed by atoms with Crippen LogP contribution in [0, 0.1) is 0 Å². The van der Waals surface area contributed by atoms with E-state index in [9.17, 15) is 4.79 Å². The Labute approximate surface area is 75.1 Å². The highest BCUT2D eigenvalue weighted by Crippen LogP contribution is 2.23. The normalized spacial score (nSPS) is 10.4. The topological polar surface area (TPSA) is 17.1 Å². The van der Waals surface area contributed by atoms with E-state index in [1.807, 2.05) is 18.8 Å². The minimum Gasteiger partial charge on any atom is -0.287 e. The van der Waals surface area contributed by atoms with E-state index >= 15 is 0 Å². The highest BCUT2D eigenvalue weighted by molar-refractivity contribution is 8.17. The molecule has 0 aromatic heterocycles. The van der Waals surface area contributed by atoms with Crippen LogP contribution < -0.4 is 0 Å². The van der Waals surface area contributed by atoms with Gasteiger partial charge in [-0.05, 0) is 18.8 Å². The monoisotopic (exact) mass is 196 g/mol. The average molecular weight is 196 g/mol. The van der Waals surface area contributed by atoms with E-state index in [4.69, 9.17) is 0 Å². The molecule has 0 bridgehead atoms. The van der Waals surface area contributed by atoms with E-state index < -0.39 is 0 Å².